The van der Waals surface area contributed by atoms with Crippen LogP contribution in [0.5, 0.6) is 0 Å². The van der Waals surface area contributed by atoms with Crippen molar-refractivity contribution in [2.75, 3.05) is 11.9 Å². The third-order valence-corrected chi connectivity index (χ3v) is 3.90. The van der Waals surface area contributed by atoms with Crippen LogP contribution in [0, 0.1) is 11.3 Å². The summed E-state index contributed by atoms with van der Waals surface area (Å²) in [6.07, 6.45) is -4.58. The molecule has 0 aliphatic rings. The van der Waals surface area contributed by atoms with Gasteiger partial charge in [-0.3, -0.25) is 0 Å². The highest BCUT2D eigenvalue weighted by molar-refractivity contribution is 7.08. The van der Waals surface area contributed by atoms with Crippen LogP contribution in [0.2, 0.25) is 0 Å². The summed E-state index contributed by atoms with van der Waals surface area (Å²) < 4.78 is 39.1. The highest BCUT2D eigenvalue weighted by Crippen LogP contribution is 2.36. The molecule has 0 radical (unpaired) electrons. The molecule has 0 aliphatic heterocycles. The van der Waals surface area contributed by atoms with Gasteiger partial charge in [-0.2, -0.15) is 29.8 Å². The van der Waals surface area contributed by atoms with Gasteiger partial charge in [0.15, 0.2) is 0 Å². The fourth-order valence-corrected chi connectivity index (χ4v) is 2.73. The van der Waals surface area contributed by atoms with Crippen molar-refractivity contribution in [1.82, 2.24) is 0 Å². The van der Waals surface area contributed by atoms with Crippen molar-refractivity contribution in [3.63, 3.8) is 0 Å². The van der Waals surface area contributed by atoms with Crippen LogP contribution in [0.15, 0.2) is 35.0 Å². The van der Waals surface area contributed by atoms with Crippen molar-refractivity contribution >= 4 is 17.0 Å². The Morgan fingerprint density at radius 1 is 1.32 bits per heavy atom. The third-order valence-electron chi connectivity index (χ3n) is 3.22. The van der Waals surface area contributed by atoms with E-state index in [0.717, 1.165) is 6.07 Å². The van der Waals surface area contributed by atoms with Crippen LogP contribution in [-0.4, -0.2) is 11.7 Å². The van der Waals surface area contributed by atoms with E-state index in [1.54, 1.807) is 22.9 Å². The maximum Gasteiger partial charge on any atom is 0.418 e. The Labute approximate surface area is 129 Å². The van der Waals surface area contributed by atoms with E-state index in [1.165, 1.54) is 30.4 Å². The van der Waals surface area contributed by atoms with Crippen LogP contribution >= 0.6 is 11.3 Å². The summed E-state index contributed by atoms with van der Waals surface area (Å²) in [5.74, 6) is 0. The van der Waals surface area contributed by atoms with E-state index in [4.69, 9.17) is 5.26 Å². The second-order valence-corrected chi connectivity index (χ2v) is 5.79. The molecule has 2 N–H and O–H groups in total. The minimum Gasteiger partial charge on any atom is -0.384 e. The lowest BCUT2D eigenvalue weighted by molar-refractivity contribution is -0.137. The van der Waals surface area contributed by atoms with Gasteiger partial charge in [-0.05, 0) is 47.5 Å². The van der Waals surface area contributed by atoms with E-state index in [9.17, 15) is 18.3 Å². The third kappa shape index (κ3) is 3.59. The first-order valence-corrected chi connectivity index (χ1v) is 7.28. The predicted octanol–water partition coefficient (Wildman–Crippen LogP) is 3.96. The molecule has 0 fully saturated rings. The van der Waals surface area contributed by atoms with E-state index in [2.05, 4.69) is 5.32 Å². The highest BCUT2D eigenvalue weighted by atomic mass is 32.1. The van der Waals surface area contributed by atoms with Gasteiger partial charge >= 0.3 is 6.18 Å². The fraction of sp³-hybridized carbons (Fsp3) is 0.267. The normalized spacial score (nSPS) is 14.2. The number of halogens is 3. The minimum absolute atomic E-state index is 0.0672. The molecule has 0 spiro atoms. The number of thiophene rings is 1. The summed E-state index contributed by atoms with van der Waals surface area (Å²) >= 11 is 1.40. The SMILES string of the molecule is CC(O)(CNc1ccc(C#N)cc1C(F)(F)F)c1ccsc1. The number of hydrogen-bond donors (Lipinski definition) is 2. The van der Waals surface area contributed by atoms with Crippen LogP contribution in [0.4, 0.5) is 18.9 Å². The number of benzene rings is 1. The van der Waals surface area contributed by atoms with Gasteiger partial charge in [0.25, 0.3) is 0 Å². The minimum atomic E-state index is -4.58. The van der Waals surface area contributed by atoms with E-state index in [-0.39, 0.29) is 17.8 Å². The zero-order valence-electron chi connectivity index (χ0n) is 11.6. The average molecular weight is 326 g/mol. The van der Waals surface area contributed by atoms with Crippen molar-refractivity contribution in [2.24, 2.45) is 0 Å². The van der Waals surface area contributed by atoms with Crippen LogP contribution in [0.25, 0.3) is 0 Å². The van der Waals surface area contributed by atoms with Crippen molar-refractivity contribution in [2.45, 2.75) is 18.7 Å². The number of alkyl halides is 3. The van der Waals surface area contributed by atoms with E-state index >= 15 is 0 Å². The van der Waals surface area contributed by atoms with Crippen LogP contribution in [0.3, 0.4) is 0 Å². The molecule has 0 amide bonds. The lowest BCUT2D eigenvalue weighted by atomic mass is 9.99. The largest absolute Gasteiger partial charge is 0.418 e. The smallest absolute Gasteiger partial charge is 0.384 e. The molecule has 0 saturated carbocycles. The first-order chi connectivity index (χ1) is 10.2. The quantitative estimate of drug-likeness (QED) is 0.894. The number of nitriles is 1. The number of aliphatic hydroxyl groups is 1. The topological polar surface area (TPSA) is 56.0 Å². The van der Waals surface area contributed by atoms with Crippen molar-refractivity contribution in [3.05, 3.63) is 51.7 Å². The van der Waals surface area contributed by atoms with Gasteiger partial charge in [0.1, 0.15) is 5.60 Å². The van der Waals surface area contributed by atoms with Crippen molar-refractivity contribution < 1.29 is 18.3 Å². The summed E-state index contributed by atoms with van der Waals surface area (Å²) in [7, 11) is 0. The summed E-state index contributed by atoms with van der Waals surface area (Å²) in [5, 5.41) is 25.2. The predicted molar refractivity (Wildman–Crippen MR) is 78.5 cm³/mol. The van der Waals surface area contributed by atoms with Gasteiger partial charge in [-0.1, -0.05) is 0 Å². The molecule has 7 heteroatoms. The Morgan fingerprint density at radius 3 is 2.59 bits per heavy atom. The van der Waals surface area contributed by atoms with Gasteiger partial charge in [-0.15, -0.1) is 0 Å². The first kappa shape index (κ1) is 16.3. The molecule has 2 aromatic rings. The standard InChI is InChI=1S/C15H13F3N2OS/c1-14(21,11-4-5-22-8-11)9-20-13-3-2-10(7-19)6-12(13)15(16,17)18/h2-6,8,20-21H,9H2,1H3. The lowest BCUT2D eigenvalue weighted by Crippen LogP contribution is -2.30. The molecule has 3 nitrogen and oxygen atoms in total. The van der Waals surface area contributed by atoms with Crippen LogP contribution in [0.1, 0.15) is 23.6 Å². The molecular weight excluding hydrogens is 313 g/mol. The monoisotopic (exact) mass is 326 g/mol. The highest BCUT2D eigenvalue weighted by Gasteiger charge is 2.34. The Kier molecular flexibility index (Phi) is 4.44. The van der Waals surface area contributed by atoms with Gasteiger partial charge in [0, 0.05) is 12.2 Å². The maximum absolute atomic E-state index is 13.0. The Hall–Kier alpha value is -2.04. The molecule has 1 aromatic carbocycles. The molecule has 22 heavy (non-hydrogen) atoms. The molecular formula is C15H13F3N2OS. The van der Waals surface area contributed by atoms with E-state index in [1.807, 2.05) is 0 Å². The number of nitrogens with one attached hydrogen (secondary N) is 1. The van der Waals surface area contributed by atoms with Crippen molar-refractivity contribution in [3.8, 4) is 6.07 Å². The number of anilines is 1. The average Bonchev–Trinajstić information content (AvgIpc) is 2.99. The molecule has 1 unspecified atom stereocenters. The zero-order valence-corrected chi connectivity index (χ0v) is 12.4. The fourth-order valence-electron chi connectivity index (χ4n) is 1.94. The summed E-state index contributed by atoms with van der Waals surface area (Å²) in [5.41, 5.74) is -1.82. The second-order valence-electron chi connectivity index (χ2n) is 5.01. The first-order valence-electron chi connectivity index (χ1n) is 6.34. The van der Waals surface area contributed by atoms with Gasteiger partial charge in [0.05, 0.1) is 17.2 Å². The van der Waals surface area contributed by atoms with Crippen LogP contribution < -0.4 is 5.32 Å². The molecule has 0 bridgehead atoms. The molecule has 0 aliphatic carbocycles. The van der Waals surface area contributed by atoms with Gasteiger partial charge < -0.3 is 10.4 Å². The molecule has 2 rings (SSSR count). The molecule has 1 heterocycles. The lowest BCUT2D eigenvalue weighted by Gasteiger charge is -2.24. The molecule has 116 valence electrons. The van der Waals surface area contributed by atoms with Crippen molar-refractivity contribution in [1.29, 1.82) is 5.26 Å². The van der Waals surface area contributed by atoms with E-state index < -0.39 is 17.3 Å². The Balaban J connectivity index is 2.25. The number of rotatable bonds is 4. The van der Waals surface area contributed by atoms with Gasteiger partial charge in [0.2, 0.25) is 0 Å². The summed E-state index contributed by atoms with van der Waals surface area (Å²) in [4.78, 5) is 0. The van der Waals surface area contributed by atoms with Crippen LogP contribution in [-0.2, 0) is 11.8 Å². The molecule has 1 atom stereocenters. The maximum atomic E-state index is 13.0. The van der Waals surface area contributed by atoms with E-state index in [0.29, 0.717) is 5.56 Å². The second kappa shape index (κ2) is 5.99. The molecule has 1 aromatic heterocycles. The molecule has 0 saturated heterocycles. The zero-order chi connectivity index (χ0) is 16.4. The van der Waals surface area contributed by atoms with Gasteiger partial charge in [-0.25, -0.2) is 0 Å². The summed E-state index contributed by atoms with van der Waals surface area (Å²) in [6.45, 7) is 1.44. The Morgan fingerprint density at radius 2 is 2.05 bits per heavy atom. The number of hydrogen-bond acceptors (Lipinski definition) is 4. The number of nitrogens with zero attached hydrogens (tertiary/aromatic N) is 1. The summed E-state index contributed by atoms with van der Waals surface area (Å²) in [6, 6.07) is 6.70. The Bertz CT molecular complexity index is 688.